The summed E-state index contributed by atoms with van der Waals surface area (Å²) in [5.74, 6) is 2.06. The summed E-state index contributed by atoms with van der Waals surface area (Å²) in [6.45, 7) is 2.25. The van der Waals surface area contributed by atoms with Crippen LogP contribution in [0.4, 0.5) is 0 Å². The zero-order valence-corrected chi connectivity index (χ0v) is 13.0. The Hall–Kier alpha value is -1.57. The number of methoxy groups -OCH3 is 1. The Balaban J connectivity index is 2.28. The molecule has 0 bridgehead atoms. The third-order valence-electron chi connectivity index (χ3n) is 3.09. The molecule has 0 saturated heterocycles. The molecular weight excluding hydrogens is 288 g/mol. The normalized spacial score (nSPS) is 12.4. The highest BCUT2D eigenvalue weighted by Crippen LogP contribution is 2.24. The van der Waals surface area contributed by atoms with E-state index in [0.717, 1.165) is 16.6 Å². The highest BCUT2D eigenvalue weighted by molar-refractivity contribution is 7.99. The number of aromatic nitrogens is 3. The first-order valence-corrected chi connectivity index (χ1v) is 7.77. The Morgan fingerprint density at radius 1 is 1.33 bits per heavy atom. The first-order chi connectivity index (χ1) is 10.2. The fourth-order valence-electron chi connectivity index (χ4n) is 1.81. The average Bonchev–Trinajstić information content (AvgIpc) is 2.95. The van der Waals surface area contributed by atoms with E-state index >= 15 is 0 Å². The van der Waals surface area contributed by atoms with Gasteiger partial charge in [0.15, 0.2) is 11.0 Å². The van der Waals surface area contributed by atoms with E-state index in [1.807, 2.05) is 35.8 Å². The molecule has 3 N–H and O–H groups in total. The van der Waals surface area contributed by atoms with Crippen molar-refractivity contribution in [1.82, 2.24) is 14.8 Å². The summed E-state index contributed by atoms with van der Waals surface area (Å²) in [7, 11) is 1.63. The number of nitrogens with zero attached hydrogens (tertiary/aromatic N) is 3. The summed E-state index contributed by atoms with van der Waals surface area (Å²) in [5.41, 5.74) is 6.66. The van der Waals surface area contributed by atoms with Crippen LogP contribution in [0.5, 0.6) is 5.75 Å². The molecule has 114 valence electrons. The van der Waals surface area contributed by atoms with Crippen LogP contribution in [-0.4, -0.2) is 38.8 Å². The Kier molecular flexibility index (Phi) is 5.60. The van der Waals surface area contributed by atoms with E-state index in [1.54, 1.807) is 7.11 Å². The molecule has 2 rings (SSSR count). The Bertz CT molecular complexity index is 571. The van der Waals surface area contributed by atoms with Crippen LogP contribution in [0, 0.1) is 0 Å². The Morgan fingerprint density at radius 3 is 2.62 bits per heavy atom. The predicted octanol–water partition coefficient (Wildman–Crippen LogP) is 1.60. The highest BCUT2D eigenvalue weighted by atomic mass is 32.2. The molecule has 0 saturated carbocycles. The molecule has 6 nitrogen and oxygen atoms in total. The number of hydrogen-bond acceptors (Lipinski definition) is 6. The predicted molar refractivity (Wildman–Crippen MR) is 82.8 cm³/mol. The minimum absolute atomic E-state index is 0.302. The summed E-state index contributed by atoms with van der Waals surface area (Å²) in [6.07, 6.45) is 0.366. The number of thioether (sulfide) groups is 1. The summed E-state index contributed by atoms with van der Waals surface area (Å²) in [4.78, 5) is 0. The lowest BCUT2D eigenvalue weighted by atomic mass is 10.3. The van der Waals surface area contributed by atoms with Crippen molar-refractivity contribution in [1.29, 1.82) is 0 Å². The molecule has 7 heteroatoms. The summed E-state index contributed by atoms with van der Waals surface area (Å²) < 4.78 is 7.07. The van der Waals surface area contributed by atoms with Gasteiger partial charge in [0.25, 0.3) is 0 Å². The molecule has 0 aliphatic carbocycles. The standard InChI is InChI=1S/C14H20N4O2S/c1-3-11(19)9-21-14-17-16-13(8-15)18(14)10-4-6-12(20-2)7-5-10/h4-7,11,19H,3,8-9,15H2,1-2H3. The molecule has 1 heterocycles. The highest BCUT2D eigenvalue weighted by Gasteiger charge is 2.14. The van der Waals surface area contributed by atoms with E-state index in [0.29, 0.717) is 24.5 Å². The van der Waals surface area contributed by atoms with Crippen molar-refractivity contribution < 1.29 is 9.84 Å². The van der Waals surface area contributed by atoms with E-state index in [9.17, 15) is 5.11 Å². The molecule has 0 fully saturated rings. The van der Waals surface area contributed by atoms with Gasteiger partial charge in [0, 0.05) is 11.4 Å². The van der Waals surface area contributed by atoms with Crippen molar-refractivity contribution >= 4 is 11.8 Å². The molecule has 1 unspecified atom stereocenters. The molecule has 2 aromatic rings. The molecule has 1 aromatic heterocycles. The fourth-order valence-corrected chi connectivity index (χ4v) is 2.82. The zero-order valence-electron chi connectivity index (χ0n) is 12.2. The second-order valence-corrected chi connectivity index (χ2v) is 5.50. The van der Waals surface area contributed by atoms with Crippen LogP contribution in [0.15, 0.2) is 29.4 Å². The lowest BCUT2D eigenvalue weighted by Gasteiger charge is -2.11. The van der Waals surface area contributed by atoms with E-state index in [1.165, 1.54) is 11.8 Å². The maximum absolute atomic E-state index is 9.69. The van der Waals surface area contributed by atoms with Crippen LogP contribution >= 0.6 is 11.8 Å². The van der Waals surface area contributed by atoms with Gasteiger partial charge in [-0.15, -0.1) is 10.2 Å². The molecule has 1 aromatic carbocycles. The van der Waals surface area contributed by atoms with E-state index in [2.05, 4.69) is 10.2 Å². The van der Waals surface area contributed by atoms with Gasteiger partial charge >= 0.3 is 0 Å². The monoisotopic (exact) mass is 308 g/mol. The first-order valence-electron chi connectivity index (χ1n) is 6.79. The SMILES string of the molecule is CCC(O)CSc1nnc(CN)n1-c1ccc(OC)cc1. The molecule has 0 radical (unpaired) electrons. The largest absolute Gasteiger partial charge is 0.497 e. The van der Waals surface area contributed by atoms with Gasteiger partial charge in [-0.3, -0.25) is 4.57 Å². The van der Waals surface area contributed by atoms with Crippen molar-refractivity contribution in [2.24, 2.45) is 5.73 Å². The molecular formula is C14H20N4O2S. The van der Waals surface area contributed by atoms with Crippen LogP contribution in [0.1, 0.15) is 19.2 Å². The number of rotatable bonds is 7. The fraction of sp³-hybridized carbons (Fsp3) is 0.429. The van der Waals surface area contributed by atoms with Crippen LogP contribution in [0.3, 0.4) is 0 Å². The van der Waals surface area contributed by atoms with Gasteiger partial charge in [-0.2, -0.15) is 0 Å². The smallest absolute Gasteiger partial charge is 0.195 e. The summed E-state index contributed by atoms with van der Waals surface area (Å²) >= 11 is 1.47. The number of aliphatic hydroxyl groups is 1. The van der Waals surface area contributed by atoms with Crippen molar-refractivity contribution in [2.75, 3.05) is 12.9 Å². The van der Waals surface area contributed by atoms with E-state index in [-0.39, 0.29) is 6.10 Å². The third-order valence-corrected chi connectivity index (χ3v) is 4.16. The molecule has 0 spiro atoms. The Labute approximate surface area is 128 Å². The number of aliphatic hydroxyl groups excluding tert-OH is 1. The molecule has 1 atom stereocenters. The lowest BCUT2D eigenvalue weighted by molar-refractivity contribution is 0.195. The van der Waals surface area contributed by atoms with Crippen molar-refractivity contribution in [3.05, 3.63) is 30.1 Å². The second-order valence-electron chi connectivity index (χ2n) is 4.51. The van der Waals surface area contributed by atoms with E-state index < -0.39 is 0 Å². The number of benzene rings is 1. The van der Waals surface area contributed by atoms with Crippen LogP contribution in [0.2, 0.25) is 0 Å². The van der Waals surface area contributed by atoms with Crippen molar-refractivity contribution in [2.45, 2.75) is 31.1 Å². The maximum Gasteiger partial charge on any atom is 0.195 e. The molecule has 0 aliphatic rings. The van der Waals surface area contributed by atoms with Gasteiger partial charge in [0.1, 0.15) is 5.75 Å². The topological polar surface area (TPSA) is 86.2 Å². The van der Waals surface area contributed by atoms with Crippen molar-refractivity contribution in [3.63, 3.8) is 0 Å². The molecule has 21 heavy (non-hydrogen) atoms. The Morgan fingerprint density at radius 2 is 2.05 bits per heavy atom. The lowest BCUT2D eigenvalue weighted by Crippen LogP contribution is -2.10. The van der Waals surface area contributed by atoms with E-state index in [4.69, 9.17) is 10.5 Å². The number of nitrogens with two attached hydrogens (primary N) is 1. The van der Waals surface area contributed by atoms with Crippen LogP contribution in [0.25, 0.3) is 5.69 Å². The summed E-state index contributed by atoms with van der Waals surface area (Å²) in [5, 5.41) is 18.7. The second kappa shape index (κ2) is 7.44. The average molecular weight is 308 g/mol. The quantitative estimate of drug-likeness (QED) is 0.756. The minimum Gasteiger partial charge on any atom is -0.497 e. The molecule has 0 aliphatic heterocycles. The maximum atomic E-state index is 9.69. The van der Waals surface area contributed by atoms with Gasteiger partial charge < -0.3 is 15.6 Å². The van der Waals surface area contributed by atoms with Gasteiger partial charge in [-0.05, 0) is 30.7 Å². The number of ether oxygens (including phenoxy) is 1. The first kappa shape index (κ1) is 15.8. The third kappa shape index (κ3) is 3.75. The minimum atomic E-state index is -0.350. The zero-order chi connectivity index (χ0) is 15.2. The van der Waals surface area contributed by atoms with Crippen LogP contribution < -0.4 is 10.5 Å². The summed E-state index contributed by atoms with van der Waals surface area (Å²) in [6, 6.07) is 7.62. The van der Waals surface area contributed by atoms with Gasteiger partial charge in [0.2, 0.25) is 0 Å². The van der Waals surface area contributed by atoms with Gasteiger partial charge in [-0.1, -0.05) is 18.7 Å². The van der Waals surface area contributed by atoms with Crippen LogP contribution in [-0.2, 0) is 6.54 Å². The van der Waals surface area contributed by atoms with Gasteiger partial charge in [-0.25, -0.2) is 0 Å². The molecule has 0 amide bonds. The van der Waals surface area contributed by atoms with Crippen molar-refractivity contribution in [3.8, 4) is 11.4 Å². The number of hydrogen-bond donors (Lipinski definition) is 2. The van der Waals surface area contributed by atoms with Gasteiger partial charge in [0.05, 0.1) is 19.8 Å².